The van der Waals surface area contributed by atoms with E-state index in [9.17, 15) is 0 Å². The third-order valence-corrected chi connectivity index (χ3v) is 3.95. The average Bonchev–Trinajstić information content (AvgIpc) is 2.54. The van der Waals surface area contributed by atoms with Gasteiger partial charge >= 0.3 is 0 Å². The summed E-state index contributed by atoms with van der Waals surface area (Å²) in [5, 5.41) is 3.62. The molecular weight excluding hydrogens is 196 g/mol. The van der Waals surface area contributed by atoms with E-state index in [2.05, 4.69) is 35.3 Å². The predicted octanol–water partition coefficient (Wildman–Crippen LogP) is 3.17. The molecule has 16 heavy (non-hydrogen) atoms. The van der Waals surface area contributed by atoms with E-state index in [0.717, 1.165) is 12.6 Å². The van der Waals surface area contributed by atoms with Gasteiger partial charge < -0.3 is 10.2 Å². The number of nitrogens with one attached hydrogen (secondary N) is 1. The highest BCUT2D eigenvalue weighted by Gasteiger charge is 2.27. The Morgan fingerprint density at radius 1 is 1.25 bits per heavy atom. The van der Waals surface area contributed by atoms with Crippen molar-refractivity contribution in [2.24, 2.45) is 0 Å². The number of nitrogens with zero attached hydrogens (tertiary/aromatic N) is 1. The van der Waals surface area contributed by atoms with Crippen molar-refractivity contribution in [2.75, 3.05) is 23.3 Å². The fourth-order valence-electron chi connectivity index (χ4n) is 3.05. The molecule has 2 heterocycles. The Hall–Kier alpha value is -1.18. The SMILES string of the molecule is Cc1cccc2c1NCC1CCCCCN21. The van der Waals surface area contributed by atoms with E-state index in [1.165, 1.54) is 49.2 Å². The van der Waals surface area contributed by atoms with Gasteiger partial charge in [-0.25, -0.2) is 0 Å². The number of fused-ring (bicyclic) bond motifs is 3. The van der Waals surface area contributed by atoms with Crippen molar-refractivity contribution in [3.63, 3.8) is 0 Å². The Kier molecular flexibility index (Phi) is 2.50. The van der Waals surface area contributed by atoms with Crippen LogP contribution in [0.1, 0.15) is 31.2 Å². The lowest BCUT2D eigenvalue weighted by atomic mass is 10.0. The van der Waals surface area contributed by atoms with Crippen LogP contribution in [-0.4, -0.2) is 19.1 Å². The molecule has 1 aromatic rings. The van der Waals surface area contributed by atoms with Gasteiger partial charge in [0.1, 0.15) is 0 Å². The van der Waals surface area contributed by atoms with Gasteiger partial charge in [0.05, 0.1) is 11.4 Å². The summed E-state index contributed by atoms with van der Waals surface area (Å²) in [6, 6.07) is 7.37. The summed E-state index contributed by atoms with van der Waals surface area (Å²) < 4.78 is 0. The molecule has 1 aromatic carbocycles. The Morgan fingerprint density at radius 3 is 3.12 bits per heavy atom. The normalized spacial score (nSPS) is 24.1. The molecule has 1 unspecified atom stereocenters. The lowest BCUT2D eigenvalue weighted by Crippen LogP contribution is -2.43. The van der Waals surface area contributed by atoms with Crippen LogP contribution in [-0.2, 0) is 0 Å². The predicted molar refractivity (Wildman–Crippen MR) is 69.3 cm³/mol. The highest BCUT2D eigenvalue weighted by Crippen LogP contribution is 2.36. The second-order valence-corrected chi connectivity index (χ2v) is 5.05. The molecule has 0 saturated carbocycles. The molecule has 0 aromatic heterocycles. The maximum Gasteiger partial charge on any atom is 0.0608 e. The topological polar surface area (TPSA) is 15.3 Å². The van der Waals surface area contributed by atoms with E-state index in [1.807, 2.05) is 0 Å². The molecule has 1 atom stereocenters. The Morgan fingerprint density at radius 2 is 2.19 bits per heavy atom. The largest absolute Gasteiger partial charge is 0.381 e. The molecule has 0 amide bonds. The molecule has 1 N–H and O–H groups in total. The van der Waals surface area contributed by atoms with Crippen molar-refractivity contribution in [2.45, 2.75) is 38.6 Å². The molecule has 2 aliphatic rings. The average molecular weight is 216 g/mol. The summed E-state index contributed by atoms with van der Waals surface area (Å²) in [7, 11) is 0. The van der Waals surface area contributed by atoms with Gasteiger partial charge in [-0.1, -0.05) is 25.0 Å². The first kappa shape index (κ1) is 10.0. The number of hydrogen-bond acceptors (Lipinski definition) is 2. The van der Waals surface area contributed by atoms with Crippen molar-refractivity contribution in [1.82, 2.24) is 0 Å². The van der Waals surface area contributed by atoms with E-state index in [0.29, 0.717) is 0 Å². The van der Waals surface area contributed by atoms with Gasteiger partial charge in [-0.05, 0) is 31.4 Å². The Balaban J connectivity index is 2.00. The van der Waals surface area contributed by atoms with Gasteiger partial charge in [0.2, 0.25) is 0 Å². The second kappa shape index (κ2) is 4.00. The number of para-hydroxylation sites is 1. The molecule has 0 radical (unpaired) electrons. The fourth-order valence-corrected chi connectivity index (χ4v) is 3.05. The number of aryl methyl sites for hydroxylation is 1. The monoisotopic (exact) mass is 216 g/mol. The summed E-state index contributed by atoms with van der Waals surface area (Å²) in [6.45, 7) is 4.56. The van der Waals surface area contributed by atoms with E-state index in [1.54, 1.807) is 0 Å². The van der Waals surface area contributed by atoms with E-state index >= 15 is 0 Å². The van der Waals surface area contributed by atoms with Crippen LogP contribution in [0.5, 0.6) is 0 Å². The molecule has 0 spiro atoms. The highest BCUT2D eigenvalue weighted by atomic mass is 15.2. The number of hydrogen-bond donors (Lipinski definition) is 1. The Labute approximate surface area is 97.6 Å². The van der Waals surface area contributed by atoms with Crippen molar-refractivity contribution >= 4 is 11.4 Å². The third kappa shape index (κ3) is 1.57. The van der Waals surface area contributed by atoms with Crippen LogP contribution >= 0.6 is 0 Å². The molecule has 0 aliphatic carbocycles. The summed E-state index contributed by atoms with van der Waals surface area (Å²) in [5.74, 6) is 0. The van der Waals surface area contributed by atoms with E-state index in [-0.39, 0.29) is 0 Å². The van der Waals surface area contributed by atoms with Crippen molar-refractivity contribution in [3.05, 3.63) is 23.8 Å². The van der Waals surface area contributed by atoms with Crippen LogP contribution in [0.15, 0.2) is 18.2 Å². The molecule has 86 valence electrons. The number of anilines is 2. The molecule has 0 bridgehead atoms. The molecule has 2 nitrogen and oxygen atoms in total. The standard InChI is InChI=1S/C14H20N2/c1-11-6-5-8-13-14(11)15-10-12-7-3-2-4-9-16(12)13/h5-6,8,12,15H,2-4,7,9-10H2,1H3. The van der Waals surface area contributed by atoms with Gasteiger partial charge in [0.25, 0.3) is 0 Å². The zero-order chi connectivity index (χ0) is 11.0. The first-order chi connectivity index (χ1) is 7.86. The minimum absolute atomic E-state index is 0.719. The first-order valence-electron chi connectivity index (χ1n) is 6.46. The van der Waals surface area contributed by atoms with E-state index < -0.39 is 0 Å². The Bertz CT molecular complexity index is 386. The van der Waals surface area contributed by atoms with Crippen molar-refractivity contribution in [3.8, 4) is 0 Å². The van der Waals surface area contributed by atoms with Crippen LogP contribution in [0.4, 0.5) is 11.4 Å². The second-order valence-electron chi connectivity index (χ2n) is 5.05. The van der Waals surface area contributed by atoms with E-state index in [4.69, 9.17) is 0 Å². The molecule has 1 fully saturated rings. The smallest absolute Gasteiger partial charge is 0.0608 e. The number of rotatable bonds is 0. The van der Waals surface area contributed by atoms with Gasteiger partial charge in [0.15, 0.2) is 0 Å². The van der Waals surface area contributed by atoms with Crippen LogP contribution in [0, 0.1) is 6.92 Å². The summed E-state index contributed by atoms with van der Waals surface area (Å²) in [6.07, 6.45) is 5.49. The summed E-state index contributed by atoms with van der Waals surface area (Å²) in [5.41, 5.74) is 4.17. The van der Waals surface area contributed by atoms with Crippen LogP contribution in [0.2, 0.25) is 0 Å². The van der Waals surface area contributed by atoms with Crippen LogP contribution in [0.25, 0.3) is 0 Å². The zero-order valence-electron chi connectivity index (χ0n) is 10.00. The quantitative estimate of drug-likeness (QED) is 0.716. The maximum absolute atomic E-state index is 3.62. The lowest BCUT2D eigenvalue weighted by molar-refractivity contribution is 0.583. The fraction of sp³-hybridized carbons (Fsp3) is 0.571. The van der Waals surface area contributed by atoms with Crippen molar-refractivity contribution < 1.29 is 0 Å². The minimum atomic E-state index is 0.719. The molecule has 3 rings (SSSR count). The van der Waals surface area contributed by atoms with Crippen LogP contribution in [0.3, 0.4) is 0 Å². The number of benzene rings is 1. The van der Waals surface area contributed by atoms with Gasteiger partial charge in [-0.15, -0.1) is 0 Å². The van der Waals surface area contributed by atoms with Gasteiger partial charge in [-0.3, -0.25) is 0 Å². The maximum atomic E-state index is 3.62. The first-order valence-corrected chi connectivity index (χ1v) is 6.46. The minimum Gasteiger partial charge on any atom is -0.381 e. The zero-order valence-corrected chi connectivity index (χ0v) is 10.00. The summed E-state index contributed by atoms with van der Waals surface area (Å²) in [4.78, 5) is 2.63. The van der Waals surface area contributed by atoms with Crippen molar-refractivity contribution in [1.29, 1.82) is 0 Å². The van der Waals surface area contributed by atoms with Gasteiger partial charge in [0, 0.05) is 19.1 Å². The molecule has 1 saturated heterocycles. The molecule has 2 aliphatic heterocycles. The third-order valence-electron chi connectivity index (χ3n) is 3.95. The molecular formula is C14H20N2. The lowest BCUT2D eigenvalue weighted by Gasteiger charge is -2.39. The summed E-state index contributed by atoms with van der Waals surface area (Å²) >= 11 is 0. The molecule has 2 heteroatoms. The van der Waals surface area contributed by atoms with Gasteiger partial charge in [-0.2, -0.15) is 0 Å². The highest BCUT2D eigenvalue weighted by molar-refractivity contribution is 5.76. The van der Waals surface area contributed by atoms with Crippen LogP contribution < -0.4 is 10.2 Å².